The van der Waals surface area contributed by atoms with Crippen molar-refractivity contribution in [3.63, 3.8) is 0 Å². The Balaban J connectivity index is 2.23. The van der Waals surface area contributed by atoms with E-state index in [-0.39, 0.29) is 11.1 Å². The first-order chi connectivity index (χ1) is 13.0. The molecular formula is C18H23Cl4NO4. The summed E-state index contributed by atoms with van der Waals surface area (Å²) in [5, 5.41) is 4.47. The van der Waals surface area contributed by atoms with Gasteiger partial charge >= 0.3 is 0 Å². The topological polar surface area (TPSA) is 49.3 Å². The Morgan fingerprint density at radius 1 is 1.00 bits per heavy atom. The molecule has 5 nitrogen and oxygen atoms in total. The zero-order valence-electron chi connectivity index (χ0n) is 15.1. The second kappa shape index (κ2) is 15.1. The van der Waals surface area contributed by atoms with E-state index in [1.807, 2.05) is 6.92 Å². The van der Waals surface area contributed by atoms with Gasteiger partial charge in [0.1, 0.15) is 23.5 Å². The number of oxime groups is 1. The minimum atomic E-state index is 0.135. The van der Waals surface area contributed by atoms with Gasteiger partial charge in [0.05, 0.1) is 29.5 Å². The largest absolute Gasteiger partial charge is 0.490 e. The molecule has 1 aromatic carbocycles. The summed E-state index contributed by atoms with van der Waals surface area (Å²) in [4.78, 5) is 4.82. The van der Waals surface area contributed by atoms with E-state index in [9.17, 15) is 0 Å². The highest BCUT2D eigenvalue weighted by Crippen LogP contribution is 2.37. The summed E-state index contributed by atoms with van der Waals surface area (Å²) in [6.07, 6.45) is 5.87. The van der Waals surface area contributed by atoms with E-state index in [1.165, 1.54) is 6.08 Å². The van der Waals surface area contributed by atoms with Crippen LogP contribution >= 0.6 is 46.4 Å². The van der Waals surface area contributed by atoms with Gasteiger partial charge in [-0.25, -0.2) is 0 Å². The summed E-state index contributed by atoms with van der Waals surface area (Å²) in [5.41, 5.74) is 0. The number of unbranched alkanes of at least 4 members (excludes halogenated alkanes) is 2. The van der Waals surface area contributed by atoms with Gasteiger partial charge in [0.15, 0.2) is 5.75 Å². The maximum absolute atomic E-state index is 6.21. The first kappa shape index (κ1) is 24.2. The zero-order valence-corrected chi connectivity index (χ0v) is 18.1. The van der Waals surface area contributed by atoms with Crippen LogP contribution in [0.4, 0.5) is 0 Å². The minimum absolute atomic E-state index is 0.135. The number of benzene rings is 1. The molecular weight excluding hydrogens is 436 g/mol. The van der Waals surface area contributed by atoms with E-state index in [2.05, 4.69) is 5.16 Å². The van der Waals surface area contributed by atoms with Crippen molar-refractivity contribution in [3.8, 4) is 11.5 Å². The number of halogens is 4. The van der Waals surface area contributed by atoms with Gasteiger partial charge in [-0.1, -0.05) is 51.6 Å². The van der Waals surface area contributed by atoms with E-state index >= 15 is 0 Å². The number of hydrogen-bond acceptors (Lipinski definition) is 5. The fourth-order valence-electron chi connectivity index (χ4n) is 1.91. The van der Waals surface area contributed by atoms with Gasteiger partial charge in [0, 0.05) is 18.7 Å². The lowest BCUT2D eigenvalue weighted by Gasteiger charge is -2.12. The Morgan fingerprint density at radius 3 is 2.37 bits per heavy atom. The maximum Gasteiger partial charge on any atom is 0.156 e. The predicted octanol–water partition coefficient (Wildman–Crippen LogP) is 6.28. The molecule has 0 aliphatic heterocycles. The average molecular weight is 459 g/mol. The van der Waals surface area contributed by atoms with E-state index in [0.29, 0.717) is 48.0 Å². The Morgan fingerprint density at radius 2 is 1.70 bits per heavy atom. The SMILES string of the molecule is CCON=CCOCCCCCOc1c(Cl)cc(OCC=C(Cl)Cl)cc1Cl. The van der Waals surface area contributed by atoms with Crippen molar-refractivity contribution in [2.75, 3.05) is 33.0 Å². The van der Waals surface area contributed by atoms with Gasteiger partial charge < -0.3 is 19.0 Å². The van der Waals surface area contributed by atoms with Crippen LogP contribution in [-0.2, 0) is 9.57 Å². The van der Waals surface area contributed by atoms with E-state index < -0.39 is 0 Å². The Labute approximate surface area is 180 Å². The quantitative estimate of drug-likeness (QED) is 0.187. The maximum atomic E-state index is 6.21. The van der Waals surface area contributed by atoms with Crippen molar-refractivity contribution in [1.29, 1.82) is 0 Å². The highest BCUT2D eigenvalue weighted by molar-refractivity contribution is 6.55. The van der Waals surface area contributed by atoms with Crippen LogP contribution in [0, 0.1) is 0 Å². The highest BCUT2D eigenvalue weighted by atomic mass is 35.5. The molecule has 0 saturated carbocycles. The molecule has 0 heterocycles. The third kappa shape index (κ3) is 11.6. The van der Waals surface area contributed by atoms with Crippen molar-refractivity contribution in [1.82, 2.24) is 0 Å². The Bertz CT molecular complexity index is 584. The van der Waals surface area contributed by atoms with Gasteiger partial charge in [0.2, 0.25) is 0 Å². The molecule has 27 heavy (non-hydrogen) atoms. The zero-order chi connectivity index (χ0) is 19.9. The van der Waals surface area contributed by atoms with Crippen molar-refractivity contribution in [2.45, 2.75) is 26.2 Å². The number of nitrogens with zero attached hydrogens (tertiary/aromatic N) is 1. The van der Waals surface area contributed by atoms with E-state index in [0.717, 1.165) is 19.3 Å². The third-order valence-corrected chi connectivity index (χ3v) is 3.98. The van der Waals surface area contributed by atoms with Gasteiger partial charge in [-0.15, -0.1) is 0 Å². The van der Waals surface area contributed by atoms with Crippen LogP contribution < -0.4 is 9.47 Å². The molecule has 152 valence electrons. The first-order valence-electron chi connectivity index (χ1n) is 8.52. The molecule has 1 aromatic rings. The van der Waals surface area contributed by atoms with Gasteiger partial charge in [-0.05, 0) is 32.3 Å². The molecule has 0 N–H and O–H groups in total. The normalized spacial score (nSPS) is 10.9. The summed E-state index contributed by atoms with van der Waals surface area (Å²) >= 11 is 23.5. The molecule has 0 aromatic heterocycles. The third-order valence-electron chi connectivity index (χ3n) is 3.11. The molecule has 0 saturated heterocycles. The van der Waals surface area contributed by atoms with Crippen LogP contribution in [0.15, 0.2) is 27.9 Å². The summed E-state index contributed by atoms with van der Waals surface area (Å²) < 4.78 is 16.7. The number of ether oxygens (including phenoxy) is 3. The van der Waals surface area contributed by atoms with Gasteiger partial charge in [-0.3, -0.25) is 0 Å². The van der Waals surface area contributed by atoms with Gasteiger partial charge in [0.25, 0.3) is 0 Å². The molecule has 0 bridgehead atoms. The molecule has 0 aliphatic carbocycles. The van der Waals surface area contributed by atoms with E-state index in [4.69, 9.17) is 65.5 Å². The highest BCUT2D eigenvalue weighted by Gasteiger charge is 2.10. The van der Waals surface area contributed by atoms with Crippen LogP contribution in [0.3, 0.4) is 0 Å². The average Bonchev–Trinajstić information content (AvgIpc) is 2.61. The second-order valence-corrected chi connectivity index (χ2v) is 7.03. The molecule has 0 fully saturated rings. The monoisotopic (exact) mass is 457 g/mol. The van der Waals surface area contributed by atoms with Crippen molar-refractivity contribution >= 4 is 52.6 Å². The van der Waals surface area contributed by atoms with Crippen molar-refractivity contribution < 1.29 is 19.0 Å². The van der Waals surface area contributed by atoms with E-state index in [1.54, 1.807) is 18.3 Å². The Kier molecular flexibility index (Phi) is 13.5. The molecule has 1 rings (SSSR count). The molecule has 0 spiro atoms. The molecule has 0 unspecified atom stereocenters. The summed E-state index contributed by atoms with van der Waals surface area (Å²) in [6, 6.07) is 3.27. The molecule has 0 atom stereocenters. The first-order valence-corrected chi connectivity index (χ1v) is 10.0. The fraction of sp³-hybridized carbons (Fsp3) is 0.500. The summed E-state index contributed by atoms with van der Waals surface area (Å²) in [6.45, 7) is 4.26. The lowest BCUT2D eigenvalue weighted by atomic mass is 10.2. The van der Waals surface area contributed by atoms with Gasteiger partial charge in [-0.2, -0.15) is 0 Å². The van der Waals surface area contributed by atoms with Crippen LogP contribution in [0.2, 0.25) is 10.0 Å². The molecule has 0 aliphatic rings. The molecule has 0 radical (unpaired) electrons. The van der Waals surface area contributed by atoms with Crippen molar-refractivity contribution in [3.05, 3.63) is 32.7 Å². The van der Waals surface area contributed by atoms with Crippen LogP contribution in [0.5, 0.6) is 11.5 Å². The molecule has 0 amide bonds. The summed E-state index contributed by atoms with van der Waals surface area (Å²) in [7, 11) is 0. The van der Waals surface area contributed by atoms with Crippen LogP contribution in [-0.4, -0.2) is 39.2 Å². The standard InChI is InChI=1S/C18H23Cl4NO4/c1-2-27-23-7-11-24-8-4-3-5-9-26-18-15(19)12-14(13-16(18)20)25-10-6-17(21)22/h6-7,12-13H,2-5,8-11H2,1H3. The van der Waals surface area contributed by atoms with Crippen LogP contribution in [0.25, 0.3) is 0 Å². The summed E-state index contributed by atoms with van der Waals surface area (Å²) in [5.74, 6) is 0.952. The second-order valence-electron chi connectivity index (χ2n) is 5.21. The van der Waals surface area contributed by atoms with Crippen molar-refractivity contribution in [2.24, 2.45) is 5.16 Å². The Hall–Kier alpha value is -0.850. The van der Waals surface area contributed by atoms with Crippen LogP contribution in [0.1, 0.15) is 26.2 Å². The number of hydrogen-bond donors (Lipinski definition) is 0. The predicted molar refractivity (Wildman–Crippen MR) is 112 cm³/mol. The minimum Gasteiger partial charge on any atom is -0.490 e. The fourth-order valence-corrected chi connectivity index (χ4v) is 2.61. The smallest absolute Gasteiger partial charge is 0.156 e. The molecule has 9 heteroatoms. The lowest BCUT2D eigenvalue weighted by Crippen LogP contribution is -2.02. The number of rotatable bonds is 14. The lowest BCUT2D eigenvalue weighted by molar-refractivity contribution is 0.145.